The van der Waals surface area contributed by atoms with E-state index in [2.05, 4.69) is 51.2 Å². The van der Waals surface area contributed by atoms with Gasteiger partial charge in [0.15, 0.2) is 5.96 Å². The molecule has 2 N–H and O–H groups in total. The largest absolute Gasteiger partial charge is 0.356 e. The summed E-state index contributed by atoms with van der Waals surface area (Å²) in [5, 5.41) is 15.2. The third-order valence-electron chi connectivity index (χ3n) is 3.50. The second kappa shape index (κ2) is 5.81. The van der Waals surface area contributed by atoms with Gasteiger partial charge in [0.2, 0.25) is 0 Å². The highest BCUT2D eigenvalue weighted by molar-refractivity contribution is 5.80. The molecule has 6 nitrogen and oxygen atoms in total. The Balaban J connectivity index is 1.88. The third kappa shape index (κ3) is 3.71. The fourth-order valence-electron chi connectivity index (χ4n) is 2.47. The van der Waals surface area contributed by atoms with E-state index >= 15 is 0 Å². The topological polar surface area (TPSA) is 67.1 Å². The molecule has 0 amide bonds. The fraction of sp³-hybridized carbons (Fsp3) is 0.786. The lowest BCUT2D eigenvalue weighted by atomic mass is 9.99. The van der Waals surface area contributed by atoms with Crippen molar-refractivity contribution in [3.05, 3.63) is 11.6 Å². The Morgan fingerprint density at radius 2 is 2.15 bits per heavy atom. The highest BCUT2D eigenvalue weighted by atomic mass is 15.3. The minimum Gasteiger partial charge on any atom is -0.356 e. The fourth-order valence-corrected chi connectivity index (χ4v) is 2.47. The van der Waals surface area contributed by atoms with Gasteiger partial charge >= 0.3 is 0 Å². The molecule has 0 saturated carbocycles. The number of aromatic nitrogens is 3. The zero-order valence-electron chi connectivity index (χ0n) is 13.2. The second-order valence-corrected chi connectivity index (χ2v) is 6.51. The van der Waals surface area contributed by atoms with Gasteiger partial charge in [0.05, 0.1) is 0 Å². The van der Waals surface area contributed by atoms with E-state index in [0.717, 1.165) is 43.5 Å². The standard InChI is InChI=1S/C14H26N6/c1-10-18-19-12-7-6-11(9-20(10)12)8-16-13(15-5)17-14(2,3)4/h11H,6-9H2,1-5H3,(H2,15,16,17). The van der Waals surface area contributed by atoms with Crippen LogP contribution in [0.15, 0.2) is 4.99 Å². The molecule has 2 rings (SSSR count). The van der Waals surface area contributed by atoms with E-state index in [9.17, 15) is 0 Å². The monoisotopic (exact) mass is 278 g/mol. The quantitative estimate of drug-likeness (QED) is 0.628. The molecule has 1 unspecified atom stereocenters. The van der Waals surface area contributed by atoms with Crippen LogP contribution in [-0.2, 0) is 13.0 Å². The van der Waals surface area contributed by atoms with Crippen molar-refractivity contribution in [1.82, 2.24) is 25.4 Å². The van der Waals surface area contributed by atoms with E-state index in [1.54, 1.807) is 0 Å². The van der Waals surface area contributed by atoms with Crippen LogP contribution in [0, 0.1) is 12.8 Å². The van der Waals surface area contributed by atoms with E-state index in [-0.39, 0.29) is 5.54 Å². The molecule has 112 valence electrons. The summed E-state index contributed by atoms with van der Waals surface area (Å²) in [5.41, 5.74) is 0.0203. The number of rotatable bonds is 2. The average Bonchev–Trinajstić information content (AvgIpc) is 2.75. The van der Waals surface area contributed by atoms with E-state index < -0.39 is 0 Å². The highest BCUT2D eigenvalue weighted by Crippen LogP contribution is 2.19. The van der Waals surface area contributed by atoms with Crippen molar-refractivity contribution >= 4 is 5.96 Å². The maximum Gasteiger partial charge on any atom is 0.191 e. The Labute approximate surface area is 121 Å². The van der Waals surface area contributed by atoms with E-state index in [0.29, 0.717) is 5.92 Å². The minimum absolute atomic E-state index is 0.0203. The zero-order valence-corrected chi connectivity index (χ0v) is 13.2. The normalized spacial score (nSPS) is 19.6. The molecule has 1 aromatic rings. The van der Waals surface area contributed by atoms with Gasteiger partial charge in [-0.05, 0) is 40.0 Å². The SMILES string of the molecule is CN=C(NCC1CCc2nnc(C)n2C1)NC(C)(C)C. The maximum atomic E-state index is 4.27. The second-order valence-electron chi connectivity index (χ2n) is 6.51. The molecular formula is C14H26N6. The molecule has 0 spiro atoms. The Kier molecular flexibility index (Phi) is 4.30. The van der Waals surface area contributed by atoms with Crippen LogP contribution in [0.25, 0.3) is 0 Å². The number of guanidine groups is 1. The summed E-state index contributed by atoms with van der Waals surface area (Å²) in [6, 6.07) is 0. The first-order chi connectivity index (χ1) is 9.39. The van der Waals surface area contributed by atoms with Crippen LogP contribution in [0.2, 0.25) is 0 Å². The van der Waals surface area contributed by atoms with Crippen molar-refractivity contribution in [3.63, 3.8) is 0 Å². The first kappa shape index (κ1) is 14.8. The van der Waals surface area contributed by atoms with Crippen molar-refractivity contribution in [1.29, 1.82) is 0 Å². The molecule has 20 heavy (non-hydrogen) atoms. The number of nitrogens with one attached hydrogen (secondary N) is 2. The van der Waals surface area contributed by atoms with Crippen molar-refractivity contribution in [2.75, 3.05) is 13.6 Å². The minimum atomic E-state index is 0.0203. The lowest BCUT2D eigenvalue weighted by Crippen LogP contribution is -2.49. The molecular weight excluding hydrogens is 252 g/mol. The predicted molar refractivity (Wildman–Crippen MR) is 80.8 cm³/mol. The molecule has 0 bridgehead atoms. The first-order valence-electron chi connectivity index (χ1n) is 7.26. The number of nitrogens with zero attached hydrogens (tertiary/aromatic N) is 4. The van der Waals surface area contributed by atoms with Crippen molar-refractivity contribution in [2.24, 2.45) is 10.9 Å². The van der Waals surface area contributed by atoms with Crippen molar-refractivity contribution < 1.29 is 0 Å². The summed E-state index contributed by atoms with van der Waals surface area (Å²) in [7, 11) is 1.81. The number of hydrogen-bond donors (Lipinski definition) is 2. The molecule has 1 aromatic heterocycles. The van der Waals surface area contributed by atoms with Crippen LogP contribution >= 0.6 is 0 Å². The molecule has 6 heteroatoms. The van der Waals surface area contributed by atoms with Crippen LogP contribution in [0.5, 0.6) is 0 Å². The third-order valence-corrected chi connectivity index (χ3v) is 3.50. The number of aryl methyl sites for hydroxylation is 2. The molecule has 0 fully saturated rings. The lowest BCUT2D eigenvalue weighted by Gasteiger charge is -2.27. The summed E-state index contributed by atoms with van der Waals surface area (Å²) in [5.74, 6) is 3.59. The number of hydrogen-bond acceptors (Lipinski definition) is 3. The van der Waals surface area contributed by atoms with Gasteiger partial charge in [0, 0.05) is 32.1 Å². The predicted octanol–water partition coefficient (Wildman–Crippen LogP) is 1.11. The first-order valence-corrected chi connectivity index (χ1v) is 7.26. The Morgan fingerprint density at radius 1 is 1.40 bits per heavy atom. The van der Waals surface area contributed by atoms with E-state index in [1.807, 2.05) is 14.0 Å². The van der Waals surface area contributed by atoms with Crippen LogP contribution in [0.1, 0.15) is 38.8 Å². The summed E-state index contributed by atoms with van der Waals surface area (Å²) in [6.45, 7) is 10.3. The molecule has 0 saturated heterocycles. The van der Waals surface area contributed by atoms with Gasteiger partial charge in [-0.3, -0.25) is 4.99 Å². The van der Waals surface area contributed by atoms with E-state index in [1.165, 1.54) is 0 Å². The van der Waals surface area contributed by atoms with Gasteiger partial charge in [0.1, 0.15) is 11.6 Å². The van der Waals surface area contributed by atoms with E-state index in [4.69, 9.17) is 0 Å². The number of aliphatic imine (C=N–C) groups is 1. The van der Waals surface area contributed by atoms with Crippen molar-refractivity contribution in [2.45, 2.75) is 52.6 Å². The molecule has 1 aliphatic heterocycles. The molecule has 1 atom stereocenters. The average molecular weight is 278 g/mol. The summed E-state index contributed by atoms with van der Waals surface area (Å²) in [4.78, 5) is 4.27. The Hall–Kier alpha value is -1.59. The summed E-state index contributed by atoms with van der Waals surface area (Å²) >= 11 is 0. The van der Waals surface area contributed by atoms with Gasteiger partial charge in [0.25, 0.3) is 0 Å². The van der Waals surface area contributed by atoms with Crippen LogP contribution in [-0.4, -0.2) is 39.9 Å². The van der Waals surface area contributed by atoms with Crippen LogP contribution in [0.4, 0.5) is 0 Å². The highest BCUT2D eigenvalue weighted by Gasteiger charge is 2.22. The molecule has 2 heterocycles. The molecule has 0 aromatic carbocycles. The van der Waals surface area contributed by atoms with Crippen LogP contribution < -0.4 is 10.6 Å². The van der Waals surface area contributed by atoms with Gasteiger partial charge in [-0.1, -0.05) is 0 Å². The lowest BCUT2D eigenvalue weighted by molar-refractivity contribution is 0.357. The smallest absolute Gasteiger partial charge is 0.191 e. The summed E-state index contributed by atoms with van der Waals surface area (Å²) < 4.78 is 2.23. The Bertz CT molecular complexity index is 482. The molecule has 1 aliphatic rings. The Morgan fingerprint density at radius 3 is 2.80 bits per heavy atom. The van der Waals surface area contributed by atoms with Gasteiger partial charge in [-0.15, -0.1) is 10.2 Å². The maximum absolute atomic E-state index is 4.27. The molecule has 0 aliphatic carbocycles. The van der Waals surface area contributed by atoms with Crippen LogP contribution in [0.3, 0.4) is 0 Å². The van der Waals surface area contributed by atoms with Crippen molar-refractivity contribution in [3.8, 4) is 0 Å². The van der Waals surface area contributed by atoms with Gasteiger partial charge in [-0.25, -0.2) is 0 Å². The summed E-state index contributed by atoms with van der Waals surface area (Å²) in [6.07, 6.45) is 2.16. The number of fused-ring (bicyclic) bond motifs is 1. The zero-order chi connectivity index (χ0) is 14.8. The van der Waals surface area contributed by atoms with Gasteiger partial charge in [-0.2, -0.15) is 0 Å². The molecule has 0 radical (unpaired) electrons. The van der Waals surface area contributed by atoms with Gasteiger partial charge < -0.3 is 15.2 Å².